The van der Waals surface area contributed by atoms with Gasteiger partial charge in [0.15, 0.2) is 0 Å². The third kappa shape index (κ3) is 1.85. The molecule has 1 saturated carbocycles. The number of fused-ring (bicyclic) bond motifs is 1. The number of nitrogens with zero attached hydrogens (tertiary/aromatic N) is 3. The molecule has 7 heteroatoms. The molecule has 20 heavy (non-hydrogen) atoms. The van der Waals surface area contributed by atoms with Crippen LogP contribution in [-0.2, 0) is 21.7 Å². The van der Waals surface area contributed by atoms with Crippen LogP contribution in [0.5, 0.6) is 0 Å². The molecule has 1 aliphatic carbocycles. The highest BCUT2D eigenvalue weighted by molar-refractivity contribution is 6.30. The lowest BCUT2D eigenvalue weighted by Gasteiger charge is -2.47. The van der Waals surface area contributed by atoms with E-state index in [1.54, 1.807) is 14.0 Å². The standard InChI is InChI=1S/C13H18ClN3O3/c1-8(14)11(18)17-6-4-9-3-5-13(9,17)12-16-15-10(20-12)7-19-2/h8-9H,3-7H2,1-2H3/t8?,9-,13-/m0/s1. The van der Waals surface area contributed by atoms with Crippen molar-refractivity contribution in [3.63, 3.8) is 0 Å². The number of ether oxygens (including phenoxy) is 1. The van der Waals surface area contributed by atoms with E-state index >= 15 is 0 Å². The Morgan fingerprint density at radius 2 is 2.40 bits per heavy atom. The molecule has 0 radical (unpaired) electrons. The summed E-state index contributed by atoms with van der Waals surface area (Å²) < 4.78 is 10.7. The topological polar surface area (TPSA) is 68.5 Å². The molecule has 1 amide bonds. The van der Waals surface area contributed by atoms with Crippen LogP contribution in [0.2, 0.25) is 0 Å². The van der Waals surface area contributed by atoms with Crippen molar-refractivity contribution in [2.45, 2.75) is 43.7 Å². The van der Waals surface area contributed by atoms with Crippen LogP contribution in [0, 0.1) is 5.92 Å². The third-order valence-electron chi connectivity index (χ3n) is 4.44. The van der Waals surface area contributed by atoms with Crippen LogP contribution in [-0.4, -0.2) is 40.0 Å². The Bertz CT molecular complexity index is 519. The lowest BCUT2D eigenvalue weighted by molar-refractivity contribution is -0.141. The summed E-state index contributed by atoms with van der Waals surface area (Å²) in [6.07, 6.45) is 2.92. The van der Waals surface area contributed by atoms with E-state index in [-0.39, 0.29) is 12.5 Å². The molecule has 2 aliphatic rings. The fourth-order valence-electron chi connectivity index (χ4n) is 3.37. The first-order valence-corrected chi connectivity index (χ1v) is 7.30. The van der Waals surface area contributed by atoms with Gasteiger partial charge in [-0.05, 0) is 32.1 Å². The van der Waals surface area contributed by atoms with E-state index in [1.165, 1.54) is 0 Å². The Morgan fingerprint density at radius 1 is 1.60 bits per heavy atom. The first-order valence-electron chi connectivity index (χ1n) is 6.87. The van der Waals surface area contributed by atoms with Gasteiger partial charge in [-0.25, -0.2) is 0 Å². The van der Waals surface area contributed by atoms with Gasteiger partial charge in [0.1, 0.15) is 17.5 Å². The molecule has 1 unspecified atom stereocenters. The number of alkyl halides is 1. The van der Waals surface area contributed by atoms with Gasteiger partial charge in [-0.1, -0.05) is 0 Å². The molecule has 110 valence electrons. The van der Waals surface area contributed by atoms with Gasteiger partial charge in [-0.2, -0.15) is 0 Å². The first-order chi connectivity index (χ1) is 9.59. The van der Waals surface area contributed by atoms with Crippen LogP contribution in [0.15, 0.2) is 4.42 Å². The second-order valence-electron chi connectivity index (χ2n) is 5.49. The van der Waals surface area contributed by atoms with Crippen molar-refractivity contribution in [3.8, 4) is 0 Å². The predicted octanol–water partition coefficient (Wildman–Crippen LogP) is 1.68. The number of aromatic nitrogens is 2. The summed E-state index contributed by atoms with van der Waals surface area (Å²) in [5.41, 5.74) is -0.431. The second kappa shape index (κ2) is 5.00. The summed E-state index contributed by atoms with van der Waals surface area (Å²) in [7, 11) is 1.58. The molecule has 0 spiro atoms. The fourth-order valence-corrected chi connectivity index (χ4v) is 3.49. The summed E-state index contributed by atoms with van der Waals surface area (Å²) >= 11 is 5.97. The van der Waals surface area contributed by atoms with Crippen molar-refractivity contribution in [2.75, 3.05) is 13.7 Å². The summed E-state index contributed by atoms with van der Waals surface area (Å²) in [6, 6.07) is 0. The lowest BCUT2D eigenvalue weighted by Crippen LogP contribution is -2.55. The lowest BCUT2D eigenvalue weighted by atomic mass is 9.67. The molecule has 2 fully saturated rings. The molecule has 1 saturated heterocycles. The first kappa shape index (κ1) is 13.8. The van der Waals surface area contributed by atoms with Gasteiger partial charge in [-0.3, -0.25) is 4.79 Å². The Morgan fingerprint density at radius 3 is 3.00 bits per heavy atom. The van der Waals surface area contributed by atoms with E-state index in [1.807, 2.05) is 4.90 Å². The molecule has 1 aromatic rings. The van der Waals surface area contributed by atoms with E-state index in [4.69, 9.17) is 20.8 Å². The fraction of sp³-hybridized carbons (Fsp3) is 0.769. The number of rotatable bonds is 4. The third-order valence-corrected chi connectivity index (χ3v) is 4.63. The van der Waals surface area contributed by atoms with Crippen molar-refractivity contribution in [1.29, 1.82) is 0 Å². The van der Waals surface area contributed by atoms with Crippen molar-refractivity contribution < 1.29 is 13.9 Å². The number of carbonyl (C=O) groups excluding carboxylic acids is 1. The van der Waals surface area contributed by atoms with Crippen LogP contribution < -0.4 is 0 Å². The number of likely N-dealkylation sites (tertiary alicyclic amines) is 1. The average molecular weight is 300 g/mol. The Kier molecular flexibility index (Phi) is 3.46. The molecule has 0 aromatic carbocycles. The molecule has 0 N–H and O–H groups in total. The molecule has 3 rings (SSSR count). The predicted molar refractivity (Wildman–Crippen MR) is 71.1 cm³/mol. The molecule has 0 bridgehead atoms. The zero-order chi connectivity index (χ0) is 14.3. The Labute approximate surface area is 122 Å². The van der Waals surface area contributed by atoms with Crippen LogP contribution in [0.3, 0.4) is 0 Å². The van der Waals surface area contributed by atoms with Crippen molar-refractivity contribution in [3.05, 3.63) is 11.8 Å². The van der Waals surface area contributed by atoms with Gasteiger partial charge in [0.05, 0.1) is 0 Å². The molecule has 1 aliphatic heterocycles. The van der Waals surface area contributed by atoms with Crippen molar-refractivity contribution in [1.82, 2.24) is 15.1 Å². The van der Waals surface area contributed by atoms with E-state index in [0.717, 1.165) is 19.3 Å². The highest BCUT2D eigenvalue weighted by Crippen LogP contribution is 2.56. The van der Waals surface area contributed by atoms with E-state index in [2.05, 4.69) is 10.2 Å². The van der Waals surface area contributed by atoms with Gasteiger partial charge >= 0.3 is 0 Å². The zero-order valence-electron chi connectivity index (χ0n) is 11.6. The van der Waals surface area contributed by atoms with E-state index in [0.29, 0.717) is 24.2 Å². The summed E-state index contributed by atoms with van der Waals surface area (Å²) in [4.78, 5) is 14.2. The zero-order valence-corrected chi connectivity index (χ0v) is 12.4. The number of carbonyl (C=O) groups is 1. The number of methoxy groups -OCH3 is 1. The SMILES string of the molecule is COCc1nnc([C@]23CC[C@H]2CCN3C(=O)C(C)Cl)o1. The molecular formula is C13H18ClN3O3. The molecule has 3 atom stereocenters. The molecular weight excluding hydrogens is 282 g/mol. The minimum atomic E-state index is -0.535. The Hall–Kier alpha value is -1.14. The summed E-state index contributed by atoms with van der Waals surface area (Å²) in [6.45, 7) is 2.70. The maximum absolute atomic E-state index is 12.3. The normalized spacial score (nSPS) is 29.9. The number of halogens is 1. The minimum Gasteiger partial charge on any atom is -0.420 e. The second-order valence-corrected chi connectivity index (χ2v) is 6.14. The summed E-state index contributed by atoms with van der Waals surface area (Å²) in [5.74, 6) is 1.32. The van der Waals surface area contributed by atoms with Crippen LogP contribution in [0.1, 0.15) is 38.0 Å². The van der Waals surface area contributed by atoms with Gasteiger partial charge in [0.25, 0.3) is 0 Å². The Balaban J connectivity index is 1.92. The van der Waals surface area contributed by atoms with Crippen LogP contribution in [0.4, 0.5) is 0 Å². The smallest absolute Gasteiger partial charge is 0.242 e. The quantitative estimate of drug-likeness (QED) is 0.791. The minimum absolute atomic E-state index is 0.0552. The highest BCUT2D eigenvalue weighted by Gasteiger charge is 2.61. The summed E-state index contributed by atoms with van der Waals surface area (Å²) in [5, 5.41) is 7.60. The molecule has 2 heterocycles. The number of hydrogen-bond acceptors (Lipinski definition) is 5. The van der Waals surface area contributed by atoms with Gasteiger partial charge in [-0.15, -0.1) is 21.8 Å². The number of hydrogen-bond donors (Lipinski definition) is 0. The van der Waals surface area contributed by atoms with Gasteiger partial charge < -0.3 is 14.1 Å². The maximum atomic E-state index is 12.3. The largest absolute Gasteiger partial charge is 0.420 e. The van der Waals surface area contributed by atoms with Gasteiger partial charge in [0.2, 0.25) is 17.7 Å². The van der Waals surface area contributed by atoms with E-state index < -0.39 is 10.9 Å². The van der Waals surface area contributed by atoms with Crippen molar-refractivity contribution >= 4 is 17.5 Å². The molecule has 6 nitrogen and oxygen atoms in total. The average Bonchev–Trinajstić information content (AvgIpc) is 2.93. The van der Waals surface area contributed by atoms with Crippen LogP contribution in [0.25, 0.3) is 0 Å². The van der Waals surface area contributed by atoms with E-state index in [9.17, 15) is 4.79 Å². The van der Waals surface area contributed by atoms with Crippen molar-refractivity contribution in [2.24, 2.45) is 5.92 Å². The monoisotopic (exact) mass is 299 g/mol. The molecule has 1 aromatic heterocycles. The van der Waals surface area contributed by atoms with Crippen LogP contribution >= 0.6 is 11.6 Å². The maximum Gasteiger partial charge on any atom is 0.242 e. The number of amides is 1. The van der Waals surface area contributed by atoms with Gasteiger partial charge in [0, 0.05) is 13.7 Å². The highest BCUT2D eigenvalue weighted by atomic mass is 35.5.